The van der Waals surface area contributed by atoms with E-state index in [-0.39, 0.29) is 4.47 Å². The van der Waals surface area contributed by atoms with Crippen LogP contribution in [0.1, 0.15) is 11.6 Å². The summed E-state index contributed by atoms with van der Waals surface area (Å²) in [6.07, 6.45) is -4.73. The summed E-state index contributed by atoms with van der Waals surface area (Å²) in [6, 6.07) is -0.636. The lowest BCUT2D eigenvalue weighted by atomic mass is 10.1. The van der Waals surface area contributed by atoms with Crippen molar-refractivity contribution >= 4 is 15.9 Å². The third-order valence-electron chi connectivity index (χ3n) is 1.75. The van der Waals surface area contributed by atoms with Crippen molar-refractivity contribution in [1.29, 1.82) is 0 Å². The quantitative estimate of drug-likeness (QED) is 0.780. The van der Waals surface area contributed by atoms with E-state index in [2.05, 4.69) is 15.9 Å². The van der Waals surface area contributed by atoms with E-state index in [1.54, 1.807) is 0 Å². The van der Waals surface area contributed by atoms with Gasteiger partial charge in [0.1, 0.15) is 6.04 Å². The van der Waals surface area contributed by atoms with Gasteiger partial charge >= 0.3 is 6.18 Å². The second-order valence-corrected chi connectivity index (χ2v) is 3.76. The normalized spacial score (nSPS) is 14.0. The second-order valence-electron chi connectivity index (χ2n) is 2.84. The minimum absolute atomic E-state index is 0.0764. The molecule has 0 heterocycles. The van der Waals surface area contributed by atoms with Crippen molar-refractivity contribution in [3.8, 4) is 5.75 Å². The lowest BCUT2D eigenvalue weighted by molar-refractivity contribution is -0.149. The highest BCUT2D eigenvalue weighted by molar-refractivity contribution is 9.10. The summed E-state index contributed by atoms with van der Waals surface area (Å²) in [4.78, 5) is 0. The summed E-state index contributed by atoms with van der Waals surface area (Å²) in [7, 11) is 0. The number of alkyl halides is 3. The van der Waals surface area contributed by atoms with E-state index in [1.165, 1.54) is 0 Å². The average molecular weight is 288 g/mol. The van der Waals surface area contributed by atoms with Crippen molar-refractivity contribution in [2.24, 2.45) is 5.73 Å². The molecule has 1 aromatic carbocycles. The molecule has 15 heavy (non-hydrogen) atoms. The highest BCUT2D eigenvalue weighted by Gasteiger charge is 2.39. The van der Waals surface area contributed by atoms with Gasteiger partial charge in [-0.05, 0) is 12.1 Å². The molecule has 1 aromatic rings. The molecule has 0 aliphatic carbocycles. The first kappa shape index (κ1) is 12.3. The summed E-state index contributed by atoms with van der Waals surface area (Å²) in [5.41, 5.74) is 4.14. The molecule has 0 amide bonds. The van der Waals surface area contributed by atoms with Crippen LogP contribution in [0.3, 0.4) is 0 Å². The highest BCUT2D eigenvalue weighted by atomic mass is 79.9. The van der Waals surface area contributed by atoms with Gasteiger partial charge in [-0.25, -0.2) is 4.39 Å². The summed E-state index contributed by atoms with van der Waals surface area (Å²) in [5, 5.41) is 9.08. The molecule has 0 fully saturated rings. The van der Waals surface area contributed by atoms with Crippen molar-refractivity contribution < 1.29 is 22.7 Å². The maximum Gasteiger partial charge on any atom is 0.407 e. The molecule has 0 aromatic heterocycles. The first-order valence-electron chi connectivity index (χ1n) is 3.73. The van der Waals surface area contributed by atoms with Gasteiger partial charge in [0.05, 0.1) is 0 Å². The van der Waals surface area contributed by atoms with Crippen molar-refractivity contribution in [2.45, 2.75) is 12.2 Å². The number of halogens is 5. The van der Waals surface area contributed by atoms with Crippen LogP contribution in [0.25, 0.3) is 0 Å². The van der Waals surface area contributed by atoms with Crippen LogP contribution in [-0.2, 0) is 0 Å². The Hall–Kier alpha value is -0.820. The first-order valence-corrected chi connectivity index (χ1v) is 4.53. The molecule has 0 radical (unpaired) electrons. The average Bonchev–Trinajstić information content (AvgIpc) is 2.08. The summed E-state index contributed by atoms with van der Waals surface area (Å²) < 4.78 is 49.6. The fourth-order valence-electron chi connectivity index (χ4n) is 0.999. The van der Waals surface area contributed by atoms with Crippen LogP contribution in [-0.4, -0.2) is 11.3 Å². The standard InChI is InChI=1S/C8H6BrF4NO/c9-3-1-4(6(15)5(10)2-3)7(14)8(11,12)13/h1-2,7,15H,14H2/t7-/m1/s1. The van der Waals surface area contributed by atoms with Crippen LogP contribution >= 0.6 is 15.9 Å². The number of hydrogen-bond acceptors (Lipinski definition) is 2. The Morgan fingerprint density at radius 3 is 2.33 bits per heavy atom. The molecule has 1 atom stereocenters. The first-order chi connectivity index (χ1) is 6.73. The van der Waals surface area contributed by atoms with E-state index in [1.807, 2.05) is 0 Å². The molecule has 7 heteroatoms. The fraction of sp³-hybridized carbons (Fsp3) is 0.250. The number of benzene rings is 1. The Morgan fingerprint density at radius 1 is 1.33 bits per heavy atom. The molecule has 0 bridgehead atoms. The minimum atomic E-state index is -4.73. The van der Waals surface area contributed by atoms with Crippen LogP contribution in [0.2, 0.25) is 0 Å². The SMILES string of the molecule is N[C@H](c1cc(Br)cc(F)c1O)C(F)(F)F. The molecule has 0 aliphatic rings. The van der Waals surface area contributed by atoms with Crippen LogP contribution in [0, 0.1) is 5.82 Å². The molecule has 84 valence electrons. The van der Waals surface area contributed by atoms with E-state index in [4.69, 9.17) is 10.8 Å². The second kappa shape index (κ2) is 3.97. The van der Waals surface area contributed by atoms with Gasteiger partial charge in [-0.2, -0.15) is 13.2 Å². The Morgan fingerprint density at radius 2 is 1.87 bits per heavy atom. The number of hydrogen-bond donors (Lipinski definition) is 2. The molecule has 3 N–H and O–H groups in total. The van der Waals surface area contributed by atoms with Gasteiger partial charge in [0.2, 0.25) is 0 Å². The third-order valence-corrected chi connectivity index (χ3v) is 2.20. The fourth-order valence-corrected chi connectivity index (χ4v) is 1.45. The molecule has 0 saturated carbocycles. The third kappa shape index (κ3) is 2.60. The molecular weight excluding hydrogens is 282 g/mol. The van der Waals surface area contributed by atoms with E-state index in [0.29, 0.717) is 0 Å². The van der Waals surface area contributed by atoms with Crippen molar-refractivity contribution in [1.82, 2.24) is 0 Å². The smallest absolute Gasteiger partial charge is 0.407 e. The minimum Gasteiger partial charge on any atom is -0.505 e. The zero-order chi connectivity index (χ0) is 11.8. The van der Waals surface area contributed by atoms with Gasteiger partial charge in [-0.3, -0.25) is 0 Å². The number of phenols is 1. The molecule has 0 unspecified atom stereocenters. The van der Waals surface area contributed by atoms with Gasteiger partial charge in [0.15, 0.2) is 11.6 Å². The molecular formula is C8H6BrF4NO. The monoisotopic (exact) mass is 287 g/mol. The predicted molar refractivity (Wildman–Crippen MR) is 48.7 cm³/mol. The Labute approximate surface area is 90.8 Å². The molecule has 0 spiro atoms. The Balaban J connectivity index is 3.25. The van der Waals surface area contributed by atoms with Crippen LogP contribution in [0.4, 0.5) is 17.6 Å². The van der Waals surface area contributed by atoms with E-state index in [0.717, 1.165) is 12.1 Å². The van der Waals surface area contributed by atoms with Gasteiger partial charge in [0.25, 0.3) is 0 Å². The molecule has 0 aliphatic heterocycles. The van der Waals surface area contributed by atoms with Gasteiger partial charge < -0.3 is 10.8 Å². The van der Waals surface area contributed by atoms with Gasteiger partial charge in [-0.15, -0.1) is 0 Å². The Kier molecular flexibility index (Phi) is 3.25. The van der Waals surface area contributed by atoms with Gasteiger partial charge in [0, 0.05) is 10.0 Å². The summed E-state index contributed by atoms with van der Waals surface area (Å²) in [6.45, 7) is 0. The van der Waals surface area contributed by atoms with E-state index >= 15 is 0 Å². The maximum atomic E-state index is 12.9. The topological polar surface area (TPSA) is 46.2 Å². The number of aromatic hydroxyl groups is 1. The largest absolute Gasteiger partial charge is 0.505 e. The van der Waals surface area contributed by atoms with Gasteiger partial charge in [-0.1, -0.05) is 15.9 Å². The van der Waals surface area contributed by atoms with Crippen LogP contribution in [0.15, 0.2) is 16.6 Å². The number of nitrogens with two attached hydrogens (primary N) is 1. The highest BCUT2D eigenvalue weighted by Crippen LogP contribution is 2.37. The predicted octanol–water partition coefficient (Wildman–Crippen LogP) is 2.86. The summed E-state index contributed by atoms with van der Waals surface area (Å²) in [5.74, 6) is -2.23. The van der Waals surface area contributed by atoms with E-state index < -0.39 is 29.3 Å². The Bertz CT molecular complexity index is 380. The van der Waals surface area contributed by atoms with Crippen molar-refractivity contribution in [2.75, 3.05) is 0 Å². The molecule has 0 saturated heterocycles. The number of rotatable bonds is 1. The lowest BCUT2D eigenvalue weighted by Crippen LogP contribution is -2.28. The van der Waals surface area contributed by atoms with Crippen molar-refractivity contribution in [3.63, 3.8) is 0 Å². The van der Waals surface area contributed by atoms with Crippen LogP contribution < -0.4 is 5.73 Å². The van der Waals surface area contributed by atoms with E-state index in [9.17, 15) is 17.6 Å². The zero-order valence-electron chi connectivity index (χ0n) is 7.15. The lowest BCUT2D eigenvalue weighted by Gasteiger charge is -2.17. The zero-order valence-corrected chi connectivity index (χ0v) is 8.73. The van der Waals surface area contributed by atoms with Crippen molar-refractivity contribution in [3.05, 3.63) is 28.0 Å². The molecule has 2 nitrogen and oxygen atoms in total. The summed E-state index contributed by atoms with van der Waals surface area (Å²) >= 11 is 2.81. The molecule has 1 rings (SSSR count). The van der Waals surface area contributed by atoms with Crippen LogP contribution in [0.5, 0.6) is 5.75 Å². The number of phenolic OH excluding ortho intramolecular Hbond substituents is 1. The maximum absolute atomic E-state index is 12.9.